The van der Waals surface area contributed by atoms with Gasteiger partial charge in [-0.2, -0.15) is 0 Å². The van der Waals surface area contributed by atoms with Gasteiger partial charge < -0.3 is 15.4 Å². The molecule has 1 aromatic carbocycles. The minimum atomic E-state index is -0.176. The van der Waals surface area contributed by atoms with Gasteiger partial charge in [0.25, 0.3) is 0 Å². The van der Waals surface area contributed by atoms with E-state index in [0.717, 1.165) is 26.1 Å². The Kier molecular flexibility index (Phi) is 4.55. The summed E-state index contributed by atoms with van der Waals surface area (Å²) in [6.07, 6.45) is 0.888. The van der Waals surface area contributed by atoms with Crippen molar-refractivity contribution in [2.24, 2.45) is 11.7 Å². The second-order valence-corrected chi connectivity index (χ2v) is 4.78. The topological polar surface area (TPSA) is 38.5 Å². The molecule has 18 heavy (non-hydrogen) atoms. The van der Waals surface area contributed by atoms with Crippen LogP contribution >= 0.6 is 0 Å². The first-order chi connectivity index (χ1) is 8.72. The monoisotopic (exact) mass is 252 g/mol. The summed E-state index contributed by atoms with van der Waals surface area (Å²) in [7, 11) is 0. The van der Waals surface area contributed by atoms with Gasteiger partial charge >= 0.3 is 0 Å². The first-order valence-corrected chi connectivity index (χ1v) is 6.55. The highest BCUT2D eigenvalue weighted by molar-refractivity contribution is 5.47. The van der Waals surface area contributed by atoms with E-state index in [9.17, 15) is 4.39 Å². The molecule has 100 valence electrons. The Bertz CT molecular complexity index is 386. The maximum absolute atomic E-state index is 13.8. The van der Waals surface area contributed by atoms with Gasteiger partial charge in [0.15, 0.2) is 0 Å². The molecule has 0 radical (unpaired) electrons. The van der Waals surface area contributed by atoms with Gasteiger partial charge in [0.1, 0.15) is 5.82 Å². The number of rotatable bonds is 4. The lowest BCUT2D eigenvalue weighted by atomic mass is 9.96. The third kappa shape index (κ3) is 3.00. The van der Waals surface area contributed by atoms with Crippen molar-refractivity contribution >= 4 is 5.69 Å². The lowest BCUT2D eigenvalue weighted by Gasteiger charge is -2.34. The van der Waals surface area contributed by atoms with Gasteiger partial charge in [0.05, 0.1) is 12.3 Å². The molecule has 0 spiro atoms. The Morgan fingerprint density at radius 1 is 1.44 bits per heavy atom. The minimum Gasteiger partial charge on any atom is -0.381 e. The predicted octanol–water partition coefficient (Wildman–Crippen LogP) is 2.02. The fourth-order valence-corrected chi connectivity index (χ4v) is 2.39. The van der Waals surface area contributed by atoms with Crippen LogP contribution in [0, 0.1) is 11.7 Å². The van der Waals surface area contributed by atoms with Crippen molar-refractivity contribution in [3.05, 3.63) is 30.1 Å². The minimum absolute atomic E-state index is 0.152. The van der Waals surface area contributed by atoms with Crippen molar-refractivity contribution < 1.29 is 9.13 Å². The fourth-order valence-electron chi connectivity index (χ4n) is 2.39. The standard InChI is InChI=1S/C14H21FN2O/c1-2-17(14-6-4-3-5-12(14)15)9-11-10-18-8-7-13(11)16/h3-6,11,13H,2,7-10,16H2,1H3. The third-order valence-corrected chi connectivity index (χ3v) is 3.56. The highest BCUT2D eigenvalue weighted by Crippen LogP contribution is 2.22. The second kappa shape index (κ2) is 6.16. The molecule has 4 heteroatoms. The van der Waals surface area contributed by atoms with E-state index in [1.807, 2.05) is 24.0 Å². The molecule has 2 unspecified atom stereocenters. The van der Waals surface area contributed by atoms with Gasteiger partial charge in [0, 0.05) is 31.7 Å². The summed E-state index contributed by atoms with van der Waals surface area (Å²) >= 11 is 0. The molecule has 1 heterocycles. The third-order valence-electron chi connectivity index (χ3n) is 3.56. The Morgan fingerprint density at radius 2 is 2.22 bits per heavy atom. The molecule has 0 aliphatic carbocycles. The van der Waals surface area contributed by atoms with Crippen molar-refractivity contribution in [2.45, 2.75) is 19.4 Å². The molecule has 2 rings (SSSR count). The predicted molar refractivity (Wildman–Crippen MR) is 71.2 cm³/mol. The number of halogens is 1. The van der Waals surface area contributed by atoms with Crippen LogP contribution in [0.2, 0.25) is 0 Å². The Morgan fingerprint density at radius 3 is 2.89 bits per heavy atom. The largest absolute Gasteiger partial charge is 0.381 e. The van der Waals surface area contributed by atoms with Crippen LogP contribution in [-0.4, -0.2) is 32.3 Å². The fraction of sp³-hybridized carbons (Fsp3) is 0.571. The Balaban J connectivity index is 2.07. The number of nitrogens with two attached hydrogens (primary N) is 1. The van der Waals surface area contributed by atoms with Gasteiger partial charge in [-0.3, -0.25) is 0 Å². The summed E-state index contributed by atoms with van der Waals surface area (Å²) < 4.78 is 19.2. The highest BCUT2D eigenvalue weighted by atomic mass is 19.1. The van der Waals surface area contributed by atoms with Crippen LogP contribution in [0.5, 0.6) is 0 Å². The van der Waals surface area contributed by atoms with Gasteiger partial charge in [0.2, 0.25) is 0 Å². The zero-order valence-corrected chi connectivity index (χ0v) is 10.8. The summed E-state index contributed by atoms with van der Waals surface area (Å²) in [5, 5.41) is 0. The van der Waals surface area contributed by atoms with E-state index < -0.39 is 0 Å². The smallest absolute Gasteiger partial charge is 0.146 e. The maximum Gasteiger partial charge on any atom is 0.146 e. The number of hydrogen-bond acceptors (Lipinski definition) is 3. The summed E-state index contributed by atoms with van der Waals surface area (Å²) in [6, 6.07) is 7.03. The summed E-state index contributed by atoms with van der Waals surface area (Å²) in [4.78, 5) is 2.04. The number of benzene rings is 1. The molecule has 2 atom stereocenters. The molecule has 1 fully saturated rings. The zero-order valence-electron chi connectivity index (χ0n) is 10.8. The number of hydrogen-bond donors (Lipinski definition) is 1. The Hall–Kier alpha value is -1.13. The molecule has 0 amide bonds. The van der Waals surface area contributed by atoms with Gasteiger partial charge in [-0.05, 0) is 25.5 Å². The van der Waals surface area contributed by atoms with E-state index in [4.69, 9.17) is 10.5 Å². The molecule has 1 aliphatic rings. The van der Waals surface area contributed by atoms with Crippen LogP contribution in [0.3, 0.4) is 0 Å². The summed E-state index contributed by atoms with van der Waals surface area (Å²) in [5.74, 6) is 0.1000. The average molecular weight is 252 g/mol. The second-order valence-electron chi connectivity index (χ2n) is 4.78. The van der Waals surface area contributed by atoms with Crippen molar-refractivity contribution in [1.29, 1.82) is 0 Å². The molecule has 2 N–H and O–H groups in total. The van der Waals surface area contributed by atoms with Gasteiger partial charge in [-0.25, -0.2) is 4.39 Å². The van der Waals surface area contributed by atoms with Crippen LogP contribution in [-0.2, 0) is 4.74 Å². The molecule has 0 saturated carbocycles. The molecule has 0 aromatic heterocycles. The van der Waals surface area contributed by atoms with Gasteiger partial charge in [-0.1, -0.05) is 12.1 Å². The molecule has 1 aromatic rings. The van der Waals surface area contributed by atoms with Crippen LogP contribution in [0.15, 0.2) is 24.3 Å². The summed E-state index contributed by atoms with van der Waals surface area (Å²) in [5.41, 5.74) is 6.75. The van der Waals surface area contributed by atoms with Crippen LogP contribution in [0.4, 0.5) is 10.1 Å². The van der Waals surface area contributed by atoms with Crippen LogP contribution in [0.25, 0.3) is 0 Å². The van der Waals surface area contributed by atoms with Crippen molar-refractivity contribution in [2.75, 3.05) is 31.2 Å². The van der Waals surface area contributed by atoms with Crippen molar-refractivity contribution in [3.8, 4) is 0 Å². The number of nitrogens with zero attached hydrogens (tertiary/aromatic N) is 1. The number of anilines is 1. The molecule has 1 saturated heterocycles. The number of ether oxygens (including phenoxy) is 1. The van der Waals surface area contributed by atoms with E-state index in [2.05, 4.69) is 0 Å². The van der Waals surface area contributed by atoms with Crippen molar-refractivity contribution in [1.82, 2.24) is 0 Å². The molecular weight excluding hydrogens is 231 g/mol. The Labute approximate surface area is 108 Å². The summed E-state index contributed by atoms with van der Waals surface area (Å²) in [6.45, 7) is 4.96. The first kappa shape index (κ1) is 13.3. The van der Waals surface area contributed by atoms with Crippen LogP contribution in [0.1, 0.15) is 13.3 Å². The van der Waals surface area contributed by atoms with E-state index in [1.54, 1.807) is 6.07 Å². The van der Waals surface area contributed by atoms with E-state index in [0.29, 0.717) is 12.3 Å². The average Bonchev–Trinajstić information content (AvgIpc) is 2.39. The van der Waals surface area contributed by atoms with E-state index in [1.165, 1.54) is 6.07 Å². The molecular formula is C14H21FN2O. The quantitative estimate of drug-likeness (QED) is 0.891. The molecule has 1 aliphatic heterocycles. The lowest BCUT2D eigenvalue weighted by Crippen LogP contribution is -2.45. The normalized spacial score (nSPS) is 23.9. The highest BCUT2D eigenvalue weighted by Gasteiger charge is 2.25. The van der Waals surface area contributed by atoms with E-state index >= 15 is 0 Å². The molecule has 0 bridgehead atoms. The van der Waals surface area contributed by atoms with Gasteiger partial charge in [-0.15, -0.1) is 0 Å². The maximum atomic E-state index is 13.8. The molecule has 3 nitrogen and oxygen atoms in total. The van der Waals surface area contributed by atoms with E-state index in [-0.39, 0.29) is 17.8 Å². The first-order valence-electron chi connectivity index (χ1n) is 6.55. The van der Waals surface area contributed by atoms with Crippen LogP contribution < -0.4 is 10.6 Å². The lowest BCUT2D eigenvalue weighted by molar-refractivity contribution is 0.0447. The SMILES string of the molecule is CCN(CC1COCCC1N)c1ccccc1F. The zero-order chi connectivity index (χ0) is 13.0. The van der Waals surface area contributed by atoms with Crippen molar-refractivity contribution in [3.63, 3.8) is 0 Å². The number of para-hydroxylation sites is 1.